The minimum absolute atomic E-state index is 0.0892. The van der Waals surface area contributed by atoms with Crippen LogP contribution < -0.4 is 5.32 Å². The Kier molecular flexibility index (Phi) is 5.85. The monoisotopic (exact) mass is 286 g/mol. The average molecular weight is 286 g/mol. The summed E-state index contributed by atoms with van der Waals surface area (Å²) < 4.78 is 26.6. The van der Waals surface area contributed by atoms with Crippen LogP contribution in [0.3, 0.4) is 0 Å². The van der Waals surface area contributed by atoms with Gasteiger partial charge in [-0.1, -0.05) is 26.7 Å². The Morgan fingerprint density at radius 2 is 1.90 bits per heavy atom. The van der Waals surface area contributed by atoms with Gasteiger partial charge in [-0.15, -0.1) is 0 Å². The van der Waals surface area contributed by atoms with Crippen molar-refractivity contribution >= 4 is 11.4 Å². The summed E-state index contributed by atoms with van der Waals surface area (Å²) in [5.41, 5.74) is -0.813. The summed E-state index contributed by atoms with van der Waals surface area (Å²) in [5.74, 6) is -1.40. The lowest BCUT2D eigenvalue weighted by Gasteiger charge is -2.16. The molecular formula is C14H20F2N2O2. The normalized spacial score (nSPS) is 12.5. The highest BCUT2D eigenvalue weighted by Gasteiger charge is 2.22. The van der Waals surface area contributed by atoms with Crippen LogP contribution >= 0.6 is 0 Å². The Morgan fingerprint density at radius 1 is 1.25 bits per heavy atom. The van der Waals surface area contributed by atoms with Crippen molar-refractivity contribution in [2.45, 2.75) is 46.1 Å². The van der Waals surface area contributed by atoms with Crippen LogP contribution in [0.15, 0.2) is 12.1 Å². The van der Waals surface area contributed by atoms with Crippen LogP contribution in [0.25, 0.3) is 0 Å². The van der Waals surface area contributed by atoms with E-state index in [4.69, 9.17) is 0 Å². The van der Waals surface area contributed by atoms with Gasteiger partial charge in [0.2, 0.25) is 5.82 Å². The Balaban J connectivity index is 2.78. The fraction of sp³-hybridized carbons (Fsp3) is 0.571. The third kappa shape index (κ3) is 4.75. The van der Waals surface area contributed by atoms with Gasteiger partial charge in [0.1, 0.15) is 11.5 Å². The van der Waals surface area contributed by atoms with Gasteiger partial charge in [-0.3, -0.25) is 10.1 Å². The first-order valence-corrected chi connectivity index (χ1v) is 6.71. The molecule has 6 heteroatoms. The lowest BCUT2D eigenvalue weighted by Crippen LogP contribution is -2.17. The molecule has 1 aromatic carbocycles. The first-order chi connectivity index (χ1) is 9.31. The molecule has 1 aromatic rings. The van der Waals surface area contributed by atoms with Crippen LogP contribution in [-0.4, -0.2) is 11.0 Å². The summed E-state index contributed by atoms with van der Waals surface area (Å²) >= 11 is 0. The summed E-state index contributed by atoms with van der Waals surface area (Å²) in [5, 5.41) is 13.7. The third-order valence-electron chi connectivity index (χ3n) is 3.03. The summed E-state index contributed by atoms with van der Waals surface area (Å²) in [6.45, 7) is 6.07. The van der Waals surface area contributed by atoms with E-state index in [2.05, 4.69) is 19.2 Å². The average Bonchev–Trinajstić information content (AvgIpc) is 2.26. The number of nitrogens with one attached hydrogen (secondary N) is 1. The molecular weight excluding hydrogens is 266 g/mol. The van der Waals surface area contributed by atoms with Gasteiger partial charge in [-0.05, 0) is 19.3 Å². The zero-order chi connectivity index (χ0) is 15.3. The number of nitrogens with zero attached hydrogens (tertiary/aromatic N) is 1. The molecule has 0 heterocycles. The number of nitro groups is 1. The SMILES string of the molecule is CC(C)CCCC(C)Nc1cc(F)cc(F)c1[N+](=O)[O-]. The standard InChI is InChI=1S/C14H20F2N2O2/c1-9(2)5-4-6-10(3)17-13-8-11(15)7-12(16)14(13)18(19)20/h7-10,17H,4-6H2,1-3H3. The molecule has 1 N–H and O–H groups in total. The van der Waals surface area contributed by atoms with Crippen LogP contribution in [0.4, 0.5) is 20.2 Å². The van der Waals surface area contributed by atoms with Crippen LogP contribution in [0.2, 0.25) is 0 Å². The topological polar surface area (TPSA) is 55.2 Å². The van der Waals surface area contributed by atoms with Crippen LogP contribution in [0, 0.1) is 27.7 Å². The fourth-order valence-electron chi connectivity index (χ4n) is 2.03. The zero-order valence-corrected chi connectivity index (χ0v) is 12.0. The number of hydrogen-bond donors (Lipinski definition) is 1. The van der Waals surface area contributed by atoms with Gasteiger partial charge < -0.3 is 5.32 Å². The lowest BCUT2D eigenvalue weighted by atomic mass is 10.0. The second kappa shape index (κ2) is 7.17. The first-order valence-electron chi connectivity index (χ1n) is 6.71. The minimum Gasteiger partial charge on any atom is -0.377 e. The molecule has 0 bridgehead atoms. The molecule has 1 atom stereocenters. The molecule has 1 unspecified atom stereocenters. The van der Waals surface area contributed by atoms with Crippen molar-refractivity contribution in [3.63, 3.8) is 0 Å². The maximum atomic E-state index is 13.4. The maximum absolute atomic E-state index is 13.4. The number of benzene rings is 1. The van der Waals surface area contributed by atoms with Crippen molar-refractivity contribution in [2.24, 2.45) is 5.92 Å². The second-order valence-electron chi connectivity index (χ2n) is 5.41. The predicted octanol–water partition coefficient (Wildman–Crippen LogP) is 4.50. The molecule has 0 aliphatic rings. The zero-order valence-electron chi connectivity index (χ0n) is 12.0. The highest BCUT2D eigenvalue weighted by molar-refractivity contribution is 5.62. The molecule has 0 fully saturated rings. The van der Waals surface area contributed by atoms with Crippen molar-refractivity contribution in [3.8, 4) is 0 Å². The van der Waals surface area contributed by atoms with Crippen molar-refractivity contribution in [1.82, 2.24) is 0 Å². The molecule has 0 radical (unpaired) electrons. The second-order valence-corrected chi connectivity index (χ2v) is 5.41. The molecule has 0 aromatic heterocycles. The van der Waals surface area contributed by atoms with E-state index in [1.165, 1.54) is 0 Å². The first kappa shape index (κ1) is 16.3. The predicted molar refractivity (Wildman–Crippen MR) is 74.8 cm³/mol. The summed E-state index contributed by atoms with van der Waals surface area (Å²) in [6, 6.07) is 1.39. The fourth-order valence-corrected chi connectivity index (χ4v) is 2.03. The van der Waals surface area contributed by atoms with Crippen molar-refractivity contribution < 1.29 is 13.7 Å². The summed E-state index contributed by atoms with van der Waals surface area (Å²) in [4.78, 5) is 10.0. The van der Waals surface area contributed by atoms with E-state index in [1.54, 1.807) is 0 Å². The number of anilines is 1. The molecule has 0 aliphatic heterocycles. The van der Waals surface area contributed by atoms with Crippen LogP contribution in [-0.2, 0) is 0 Å². The van der Waals surface area contributed by atoms with E-state index in [0.717, 1.165) is 25.3 Å². The van der Waals surface area contributed by atoms with Gasteiger partial charge in [0.15, 0.2) is 0 Å². The number of rotatable bonds is 7. The maximum Gasteiger partial charge on any atom is 0.327 e. The quantitative estimate of drug-likeness (QED) is 0.593. The number of hydrogen-bond acceptors (Lipinski definition) is 3. The lowest BCUT2D eigenvalue weighted by molar-refractivity contribution is -0.386. The van der Waals surface area contributed by atoms with E-state index in [0.29, 0.717) is 12.0 Å². The Morgan fingerprint density at radius 3 is 2.45 bits per heavy atom. The number of halogens is 2. The molecule has 0 saturated carbocycles. The molecule has 4 nitrogen and oxygen atoms in total. The van der Waals surface area contributed by atoms with Gasteiger partial charge in [0, 0.05) is 18.2 Å². The van der Waals surface area contributed by atoms with Crippen LogP contribution in [0.5, 0.6) is 0 Å². The Bertz CT molecular complexity index is 478. The molecule has 0 aliphatic carbocycles. The largest absolute Gasteiger partial charge is 0.377 e. The highest BCUT2D eigenvalue weighted by atomic mass is 19.1. The van der Waals surface area contributed by atoms with Gasteiger partial charge in [-0.2, -0.15) is 4.39 Å². The smallest absolute Gasteiger partial charge is 0.327 e. The Hall–Kier alpha value is -1.72. The molecule has 0 spiro atoms. The van der Waals surface area contributed by atoms with Gasteiger partial charge in [0.25, 0.3) is 0 Å². The van der Waals surface area contributed by atoms with E-state index >= 15 is 0 Å². The van der Waals surface area contributed by atoms with Crippen molar-refractivity contribution in [3.05, 3.63) is 33.9 Å². The summed E-state index contributed by atoms with van der Waals surface area (Å²) in [6.07, 6.45) is 2.79. The van der Waals surface area contributed by atoms with E-state index in [-0.39, 0.29) is 11.7 Å². The molecule has 0 saturated heterocycles. The van der Waals surface area contributed by atoms with Gasteiger partial charge >= 0.3 is 5.69 Å². The molecule has 20 heavy (non-hydrogen) atoms. The van der Waals surface area contributed by atoms with E-state index in [9.17, 15) is 18.9 Å². The minimum atomic E-state index is -1.16. The number of nitro benzene ring substituents is 1. The Labute approximate surface area is 117 Å². The third-order valence-corrected chi connectivity index (χ3v) is 3.03. The summed E-state index contributed by atoms with van der Waals surface area (Å²) in [7, 11) is 0. The van der Waals surface area contributed by atoms with Crippen LogP contribution in [0.1, 0.15) is 40.0 Å². The van der Waals surface area contributed by atoms with E-state index in [1.807, 2.05) is 6.92 Å². The molecule has 112 valence electrons. The van der Waals surface area contributed by atoms with E-state index < -0.39 is 22.2 Å². The molecule has 1 rings (SSSR count). The van der Waals surface area contributed by atoms with Crippen molar-refractivity contribution in [1.29, 1.82) is 0 Å². The molecule has 0 amide bonds. The van der Waals surface area contributed by atoms with Gasteiger partial charge in [0.05, 0.1) is 4.92 Å². The highest BCUT2D eigenvalue weighted by Crippen LogP contribution is 2.29. The van der Waals surface area contributed by atoms with Crippen molar-refractivity contribution in [2.75, 3.05) is 5.32 Å². The van der Waals surface area contributed by atoms with Gasteiger partial charge in [-0.25, -0.2) is 4.39 Å².